The fraction of sp³-hybridized carbons (Fsp3) is 0.625. The molecule has 0 aromatic heterocycles. The van der Waals surface area contributed by atoms with Crippen molar-refractivity contribution in [1.82, 2.24) is 5.32 Å². The molecule has 19 heavy (non-hydrogen) atoms. The highest BCUT2D eigenvalue weighted by molar-refractivity contribution is 5.85. The Balaban J connectivity index is 0.00000133. The van der Waals surface area contributed by atoms with E-state index >= 15 is 0 Å². The summed E-state index contributed by atoms with van der Waals surface area (Å²) in [5, 5.41) is 7.18. The summed E-state index contributed by atoms with van der Waals surface area (Å²) in [6.45, 7) is 3.32. The van der Waals surface area contributed by atoms with E-state index in [2.05, 4.69) is 28.8 Å². The van der Waals surface area contributed by atoms with E-state index in [1.807, 2.05) is 0 Å². The molecule has 2 nitrogen and oxygen atoms in total. The Bertz CT molecular complexity index is 400. The minimum atomic E-state index is 0. The molecular formula is C16H25ClN2. The van der Waals surface area contributed by atoms with Crippen LogP contribution >= 0.6 is 12.4 Å². The number of fused-ring (bicyclic) bond motifs is 1. The Kier molecular flexibility index (Phi) is 5.53. The van der Waals surface area contributed by atoms with Crippen molar-refractivity contribution in [3.63, 3.8) is 0 Å². The van der Waals surface area contributed by atoms with Gasteiger partial charge in [0.15, 0.2) is 0 Å². The minimum Gasteiger partial charge on any atom is -0.384 e. The maximum Gasteiger partial charge on any atom is 0.0419 e. The van der Waals surface area contributed by atoms with Gasteiger partial charge in [0.05, 0.1) is 0 Å². The third-order valence-corrected chi connectivity index (χ3v) is 4.41. The van der Waals surface area contributed by atoms with Gasteiger partial charge in [-0.25, -0.2) is 0 Å². The number of nitrogens with one attached hydrogen (secondary N) is 2. The predicted octanol–water partition coefficient (Wildman–Crippen LogP) is 3.75. The maximum absolute atomic E-state index is 3.66. The molecule has 0 atom stereocenters. The number of para-hydroxylation sites is 1. The average molecular weight is 281 g/mol. The SMILES string of the molecule is Cl.c1cc2c(c(CNCC3CCCCC3)c1)NCC2. The van der Waals surface area contributed by atoms with E-state index in [4.69, 9.17) is 0 Å². The highest BCUT2D eigenvalue weighted by atomic mass is 35.5. The first-order valence-electron chi connectivity index (χ1n) is 7.49. The van der Waals surface area contributed by atoms with E-state index < -0.39 is 0 Å². The molecule has 3 heteroatoms. The molecule has 106 valence electrons. The zero-order valence-electron chi connectivity index (χ0n) is 11.6. The van der Waals surface area contributed by atoms with Crippen LogP contribution in [-0.4, -0.2) is 13.1 Å². The Hall–Kier alpha value is -0.730. The van der Waals surface area contributed by atoms with Crippen molar-refractivity contribution < 1.29 is 0 Å². The molecule has 1 saturated carbocycles. The smallest absolute Gasteiger partial charge is 0.0419 e. The second kappa shape index (κ2) is 7.16. The van der Waals surface area contributed by atoms with Gasteiger partial charge in [-0.15, -0.1) is 12.4 Å². The third kappa shape index (κ3) is 3.64. The molecule has 1 aromatic carbocycles. The highest BCUT2D eigenvalue weighted by Gasteiger charge is 2.15. The zero-order valence-corrected chi connectivity index (χ0v) is 12.4. The van der Waals surface area contributed by atoms with Crippen LogP contribution in [-0.2, 0) is 13.0 Å². The summed E-state index contributed by atoms with van der Waals surface area (Å²) in [6.07, 6.45) is 8.37. The van der Waals surface area contributed by atoms with Gasteiger partial charge >= 0.3 is 0 Å². The van der Waals surface area contributed by atoms with Crippen LogP contribution in [0.15, 0.2) is 18.2 Å². The molecule has 1 aliphatic heterocycles. The van der Waals surface area contributed by atoms with Crippen molar-refractivity contribution in [3.05, 3.63) is 29.3 Å². The van der Waals surface area contributed by atoms with Crippen LogP contribution in [0.1, 0.15) is 43.2 Å². The molecule has 1 aromatic rings. The number of benzene rings is 1. The van der Waals surface area contributed by atoms with E-state index in [0.29, 0.717) is 0 Å². The van der Waals surface area contributed by atoms with Crippen LogP contribution in [0.2, 0.25) is 0 Å². The van der Waals surface area contributed by atoms with Gasteiger partial charge in [0, 0.05) is 18.8 Å². The first kappa shape index (κ1) is 14.7. The summed E-state index contributed by atoms with van der Waals surface area (Å²) >= 11 is 0. The number of rotatable bonds is 4. The van der Waals surface area contributed by atoms with Crippen molar-refractivity contribution in [2.75, 3.05) is 18.4 Å². The topological polar surface area (TPSA) is 24.1 Å². The fourth-order valence-electron chi connectivity index (χ4n) is 3.36. The number of halogens is 1. The second-order valence-corrected chi connectivity index (χ2v) is 5.76. The molecule has 2 aliphatic rings. The Labute approximate surface area is 122 Å². The van der Waals surface area contributed by atoms with Gasteiger partial charge in [-0.2, -0.15) is 0 Å². The summed E-state index contributed by atoms with van der Waals surface area (Å²) in [5.74, 6) is 0.920. The van der Waals surface area contributed by atoms with Gasteiger partial charge in [-0.1, -0.05) is 37.5 Å². The van der Waals surface area contributed by atoms with Crippen molar-refractivity contribution >= 4 is 18.1 Å². The molecule has 1 heterocycles. The van der Waals surface area contributed by atoms with Crippen molar-refractivity contribution in [2.24, 2.45) is 5.92 Å². The van der Waals surface area contributed by atoms with Gasteiger partial charge in [-0.3, -0.25) is 0 Å². The normalized spacial score (nSPS) is 18.5. The lowest BCUT2D eigenvalue weighted by atomic mass is 9.89. The summed E-state index contributed by atoms with van der Waals surface area (Å²) in [6, 6.07) is 6.70. The first-order chi connectivity index (χ1) is 8.93. The fourth-order valence-corrected chi connectivity index (χ4v) is 3.36. The molecule has 2 N–H and O–H groups in total. The van der Waals surface area contributed by atoms with E-state index in [-0.39, 0.29) is 12.4 Å². The Morgan fingerprint density at radius 2 is 2.00 bits per heavy atom. The van der Waals surface area contributed by atoms with E-state index in [1.165, 1.54) is 61.9 Å². The highest BCUT2D eigenvalue weighted by Crippen LogP contribution is 2.27. The monoisotopic (exact) mass is 280 g/mol. The van der Waals surface area contributed by atoms with E-state index in [0.717, 1.165) is 19.0 Å². The third-order valence-electron chi connectivity index (χ3n) is 4.41. The van der Waals surface area contributed by atoms with Gasteiger partial charge < -0.3 is 10.6 Å². The van der Waals surface area contributed by atoms with Crippen molar-refractivity contribution in [3.8, 4) is 0 Å². The molecule has 3 rings (SSSR count). The molecule has 0 saturated heterocycles. The van der Waals surface area contributed by atoms with Crippen LogP contribution in [0, 0.1) is 5.92 Å². The van der Waals surface area contributed by atoms with E-state index in [9.17, 15) is 0 Å². The van der Waals surface area contributed by atoms with Crippen LogP contribution in [0.5, 0.6) is 0 Å². The lowest BCUT2D eigenvalue weighted by Crippen LogP contribution is -2.24. The summed E-state index contributed by atoms with van der Waals surface area (Å²) in [4.78, 5) is 0. The van der Waals surface area contributed by atoms with Crippen LogP contribution < -0.4 is 10.6 Å². The first-order valence-corrected chi connectivity index (χ1v) is 7.49. The van der Waals surface area contributed by atoms with Crippen molar-refractivity contribution in [2.45, 2.75) is 45.1 Å². The molecule has 1 fully saturated rings. The lowest BCUT2D eigenvalue weighted by Gasteiger charge is -2.22. The van der Waals surface area contributed by atoms with Gasteiger partial charge in [0.2, 0.25) is 0 Å². The van der Waals surface area contributed by atoms with Crippen LogP contribution in [0.4, 0.5) is 5.69 Å². The molecule has 0 radical (unpaired) electrons. The minimum absolute atomic E-state index is 0. The summed E-state index contributed by atoms with van der Waals surface area (Å²) in [7, 11) is 0. The molecule has 0 amide bonds. The van der Waals surface area contributed by atoms with Gasteiger partial charge in [0.1, 0.15) is 0 Å². The average Bonchev–Trinajstić information content (AvgIpc) is 2.89. The Morgan fingerprint density at radius 1 is 1.16 bits per heavy atom. The molecule has 0 bridgehead atoms. The lowest BCUT2D eigenvalue weighted by molar-refractivity contribution is 0.342. The largest absolute Gasteiger partial charge is 0.384 e. The summed E-state index contributed by atoms with van der Waals surface area (Å²) in [5.41, 5.74) is 4.33. The number of hydrogen-bond donors (Lipinski definition) is 2. The molecule has 1 aliphatic carbocycles. The standard InChI is InChI=1S/C16H24N2.ClH/c1-2-5-13(6-3-1)11-17-12-15-8-4-7-14-9-10-18-16(14)15;/h4,7-8,13,17-18H,1-3,5-6,9-12H2;1H. The zero-order chi connectivity index (χ0) is 12.2. The second-order valence-electron chi connectivity index (χ2n) is 5.76. The molecular weight excluding hydrogens is 256 g/mol. The molecule has 0 unspecified atom stereocenters. The van der Waals surface area contributed by atoms with Gasteiger partial charge in [-0.05, 0) is 42.9 Å². The quantitative estimate of drug-likeness (QED) is 0.878. The van der Waals surface area contributed by atoms with Crippen molar-refractivity contribution in [1.29, 1.82) is 0 Å². The summed E-state index contributed by atoms with van der Waals surface area (Å²) < 4.78 is 0. The number of hydrogen-bond acceptors (Lipinski definition) is 2. The van der Waals surface area contributed by atoms with Crippen LogP contribution in [0.3, 0.4) is 0 Å². The Morgan fingerprint density at radius 3 is 2.84 bits per heavy atom. The number of anilines is 1. The van der Waals surface area contributed by atoms with Gasteiger partial charge in [0.25, 0.3) is 0 Å². The maximum atomic E-state index is 3.66. The molecule has 0 spiro atoms. The van der Waals surface area contributed by atoms with E-state index in [1.54, 1.807) is 0 Å². The predicted molar refractivity (Wildman–Crippen MR) is 84.2 cm³/mol. The van der Waals surface area contributed by atoms with Crippen LogP contribution in [0.25, 0.3) is 0 Å².